The number of imidazole rings is 1. The number of amides is 2. The minimum absolute atomic E-state index is 0.172. The van der Waals surface area contributed by atoms with Crippen molar-refractivity contribution in [2.75, 3.05) is 0 Å². The molecule has 2 N–H and O–H groups in total. The fourth-order valence-electron chi connectivity index (χ4n) is 3.18. The molecular weight excluding hydrogens is 374 g/mol. The number of urea groups is 1. The minimum atomic E-state index is -0.939. The van der Waals surface area contributed by atoms with Crippen molar-refractivity contribution in [2.24, 2.45) is 0 Å². The lowest BCUT2D eigenvalue weighted by molar-refractivity contribution is -0.385. The van der Waals surface area contributed by atoms with Crippen LogP contribution in [0.2, 0.25) is 0 Å². The molecule has 9 heteroatoms. The van der Waals surface area contributed by atoms with Crippen molar-refractivity contribution >= 4 is 17.5 Å². The molecule has 1 unspecified atom stereocenters. The van der Waals surface area contributed by atoms with E-state index in [1.807, 2.05) is 0 Å². The van der Waals surface area contributed by atoms with Gasteiger partial charge in [0.2, 0.25) is 0 Å². The number of carbonyl (C=O) groups excluding carboxylic acids is 2. The maximum atomic E-state index is 13.1. The summed E-state index contributed by atoms with van der Waals surface area (Å²) >= 11 is 0. The van der Waals surface area contributed by atoms with E-state index < -0.39 is 17.0 Å². The maximum Gasteiger partial charge on any atom is 0.319 e. The van der Waals surface area contributed by atoms with Gasteiger partial charge in [-0.3, -0.25) is 14.9 Å². The predicted octanol–water partition coefficient (Wildman–Crippen LogP) is 2.90. The number of nitro benzene ring substituents is 1. The summed E-state index contributed by atoms with van der Waals surface area (Å²) in [6, 6.07) is 11.4. The van der Waals surface area contributed by atoms with Crippen molar-refractivity contribution in [1.29, 1.82) is 0 Å². The molecule has 1 aliphatic rings. The molecule has 0 saturated carbocycles. The number of aromatic nitrogens is 2. The van der Waals surface area contributed by atoms with Gasteiger partial charge in [-0.2, -0.15) is 0 Å². The average molecular weight is 389 g/mol. The minimum Gasteiger partial charge on any atom is -0.326 e. The van der Waals surface area contributed by atoms with Crippen molar-refractivity contribution in [3.05, 3.63) is 100 Å². The normalized spacial score (nSPS) is 15.8. The quantitative estimate of drug-likeness (QED) is 0.395. The third-order valence-corrected chi connectivity index (χ3v) is 4.58. The number of hydrogen-bond acceptors (Lipinski definition) is 5. The smallest absolute Gasteiger partial charge is 0.319 e. The average Bonchev–Trinajstić information content (AvgIpc) is 3.28. The highest BCUT2D eigenvalue weighted by atomic mass is 16.6. The molecule has 0 radical (unpaired) electrons. The van der Waals surface area contributed by atoms with Crippen molar-refractivity contribution in [2.45, 2.75) is 6.04 Å². The van der Waals surface area contributed by atoms with E-state index in [0.29, 0.717) is 5.56 Å². The van der Waals surface area contributed by atoms with E-state index in [2.05, 4.69) is 15.6 Å². The first-order valence-electron chi connectivity index (χ1n) is 8.68. The second kappa shape index (κ2) is 7.39. The molecule has 3 aromatic rings. The van der Waals surface area contributed by atoms with Crippen LogP contribution in [0.25, 0.3) is 5.69 Å². The van der Waals surface area contributed by atoms with Gasteiger partial charge in [0.05, 0.1) is 22.9 Å². The van der Waals surface area contributed by atoms with E-state index in [4.69, 9.17) is 0 Å². The Balaban J connectivity index is 1.69. The molecule has 0 saturated heterocycles. The zero-order valence-corrected chi connectivity index (χ0v) is 15.0. The number of nitrogens with one attached hydrogen (secondary N) is 2. The molecule has 0 spiro atoms. The molecular formula is C20H15N5O4. The van der Waals surface area contributed by atoms with Crippen LogP contribution in [0.4, 0.5) is 10.5 Å². The number of para-hydroxylation sites is 1. The second-order valence-corrected chi connectivity index (χ2v) is 6.31. The molecule has 1 atom stereocenters. The second-order valence-electron chi connectivity index (χ2n) is 6.31. The van der Waals surface area contributed by atoms with Crippen molar-refractivity contribution in [3.63, 3.8) is 0 Å². The van der Waals surface area contributed by atoms with Gasteiger partial charge >= 0.3 is 6.03 Å². The Morgan fingerprint density at radius 1 is 1.14 bits per heavy atom. The molecule has 2 amide bonds. The molecule has 4 rings (SSSR count). The third kappa shape index (κ3) is 3.48. The number of rotatable bonds is 5. The Hall–Kier alpha value is -4.27. The van der Waals surface area contributed by atoms with Crippen LogP contribution in [-0.4, -0.2) is 26.3 Å². The van der Waals surface area contributed by atoms with Gasteiger partial charge in [-0.1, -0.05) is 12.1 Å². The highest BCUT2D eigenvalue weighted by Crippen LogP contribution is 2.32. The summed E-state index contributed by atoms with van der Waals surface area (Å²) in [5, 5.41) is 16.5. The van der Waals surface area contributed by atoms with E-state index in [-0.39, 0.29) is 22.6 Å². The van der Waals surface area contributed by atoms with Gasteiger partial charge in [-0.15, -0.1) is 0 Å². The Labute approximate surface area is 164 Å². The fourth-order valence-corrected chi connectivity index (χ4v) is 3.18. The highest BCUT2D eigenvalue weighted by Gasteiger charge is 2.32. The van der Waals surface area contributed by atoms with Gasteiger partial charge in [0.15, 0.2) is 5.78 Å². The van der Waals surface area contributed by atoms with Gasteiger partial charge in [-0.25, -0.2) is 9.78 Å². The number of nitro groups is 1. The van der Waals surface area contributed by atoms with Crippen molar-refractivity contribution in [3.8, 4) is 5.69 Å². The van der Waals surface area contributed by atoms with E-state index in [1.165, 1.54) is 24.4 Å². The molecule has 9 nitrogen and oxygen atoms in total. The third-order valence-electron chi connectivity index (χ3n) is 4.58. The summed E-state index contributed by atoms with van der Waals surface area (Å²) in [4.78, 5) is 39.8. The van der Waals surface area contributed by atoms with Gasteiger partial charge in [-0.05, 0) is 30.3 Å². The summed E-state index contributed by atoms with van der Waals surface area (Å²) in [5.74, 6) is -0.349. The number of ketones is 1. The Morgan fingerprint density at radius 3 is 2.59 bits per heavy atom. The highest BCUT2D eigenvalue weighted by molar-refractivity contribution is 6.10. The first-order valence-corrected chi connectivity index (χ1v) is 8.68. The van der Waals surface area contributed by atoms with Crippen LogP contribution in [0, 0.1) is 10.1 Å². The van der Waals surface area contributed by atoms with Gasteiger partial charge < -0.3 is 15.2 Å². The summed E-state index contributed by atoms with van der Waals surface area (Å²) < 4.78 is 1.80. The Bertz CT molecular complexity index is 1120. The number of hydrogen-bond donors (Lipinski definition) is 2. The lowest BCUT2D eigenvalue weighted by atomic mass is 9.91. The first-order chi connectivity index (χ1) is 14.0. The zero-order chi connectivity index (χ0) is 20.4. The summed E-state index contributed by atoms with van der Waals surface area (Å²) in [7, 11) is 0. The van der Waals surface area contributed by atoms with Gasteiger partial charge in [0.1, 0.15) is 0 Å². The first kappa shape index (κ1) is 18.1. The number of carbonyl (C=O) groups is 2. The lowest BCUT2D eigenvalue weighted by Crippen LogP contribution is -2.42. The summed E-state index contributed by atoms with van der Waals surface area (Å²) in [6.45, 7) is 0. The molecule has 29 heavy (non-hydrogen) atoms. The molecule has 0 fully saturated rings. The number of benzene rings is 2. The van der Waals surface area contributed by atoms with Crippen LogP contribution in [0.1, 0.15) is 22.0 Å². The number of Topliss-reactive ketones (excluding diaryl/α,β-unsaturated/α-hetero) is 1. The van der Waals surface area contributed by atoms with Gasteiger partial charge in [0, 0.05) is 41.5 Å². The summed E-state index contributed by atoms with van der Waals surface area (Å²) in [5.41, 5.74) is 1.49. The Kier molecular flexibility index (Phi) is 4.62. The SMILES string of the molecule is O=C1NC=C(C(=O)c2ccc(-n3ccnc3)cc2)C(c2ccccc2[N+](=O)[O-])N1. The van der Waals surface area contributed by atoms with Crippen LogP contribution >= 0.6 is 0 Å². The van der Waals surface area contributed by atoms with Crippen molar-refractivity contribution < 1.29 is 14.5 Å². The molecule has 144 valence electrons. The molecule has 0 aliphatic carbocycles. The van der Waals surface area contributed by atoms with Crippen LogP contribution in [-0.2, 0) is 0 Å². The van der Waals surface area contributed by atoms with E-state index in [0.717, 1.165) is 5.69 Å². The molecule has 2 aromatic carbocycles. The van der Waals surface area contributed by atoms with E-state index >= 15 is 0 Å². The topological polar surface area (TPSA) is 119 Å². The van der Waals surface area contributed by atoms with Crippen LogP contribution in [0.15, 0.2) is 79.0 Å². The molecule has 2 heterocycles. The Morgan fingerprint density at radius 2 is 1.90 bits per heavy atom. The number of nitrogens with zero attached hydrogens (tertiary/aromatic N) is 3. The van der Waals surface area contributed by atoms with Crippen molar-refractivity contribution in [1.82, 2.24) is 20.2 Å². The van der Waals surface area contributed by atoms with Crippen LogP contribution < -0.4 is 10.6 Å². The lowest BCUT2D eigenvalue weighted by Gasteiger charge is -2.25. The monoisotopic (exact) mass is 389 g/mol. The summed E-state index contributed by atoms with van der Waals surface area (Å²) in [6.07, 6.45) is 6.37. The van der Waals surface area contributed by atoms with Crippen LogP contribution in [0.3, 0.4) is 0 Å². The van der Waals surface area contributed by atoms with E-state index in [1.54, 1.807) is 53.6 Å². The zero-order valence-electron chi connectivity index (χ0n) is 15.0. The fraction of sp³-hybridized carbons (Fsp3) is 0.0500. The largest absolute Gasteiger partial charge is 0.326 e. The predicted molar refractivity (Wildman–Crippen MR) is 103 cm³/mol. The standard InChI is InChI=1S/C20H15N5O4/c26-19(13-5-7-14(8-6-13)24-10-9-21-12-24)16-11-22-20(27)23-18(16)15-3-1-2-4-17(15)25(28)29/h1-12,18H,(H2,22,23,27). The molecule has 1 aromatic heterocycles. The van der Waals surface area contributed by atoms with Gasteiger partial charge in [0.25, 0.3) is 5.69 Å². The molecule has 0 bridgehead atoms. The maximum absolute atomic E-state index is 13.1. The van der Waals surface area contributed by atoms with E-state index in [9.17, 15) is 19.7 Å². The van der Waals surface area contributed by atoms with Crippen LogP contribution in [0.5, 0.6) is 0 Å². The molecule has 1 aliphatic heterocycles.